The molecule has 2 N–H and O–H groups in total. The molecule has 0 radical (unpaired) electrons. The fourth-order valence-electron chi connectivity index (χ4n) is 1.94. The van der Waals surface area contributed by atoms with Crippen molar-refractivity contribution in [2.45, 2.75) is 6.92 Å². The molecule has 0 saturated carbocycles. The van der Waals surface area contributed by atoms with E-state index in [9.17, 15) is 14.9 Å². The summed E-state index contributed by atoms with van der Waals surface area (Å²) in [5.74, 6) is -0.311. The largest absolute Gasteiger partial charge is 0.376 e. The molecule has 2 rings (SSSR count). The van der Waals surface area contributed by atoms with Crippen LogP contribution in [0.15, 0.2) is 47.6 Å². The number of nitrogens with one attached hydrogen (secondary N) is 2. The van der Waals surface area contributed by atoms with Gasteiger partial charge in [0.1, 0.15) is 0 Å². The van der Waals surface area contributed by atoms with Crippen LogP contribution in [0, 0.1) is 20.6 Å². The number of amides is 1. The Labute approximate surface area is 152 Å². The van der Waals surface area contributed by atoms with E-state index in [1.807, 2.05) is 25.1 Å². The quantitative estimate of drug-likeness (QED) is 0.314. The molecule has 24 heavy (non-hydrogen) atoms. The van der Waals surface area contributed by atoms with Crippen molar-refractivity contribution in [3.05, 3.63) is 67.3 Å². The molecule has 0 atom stereocenters. The van der Waals surface area contributed by atoms with Crippen LogP contribution in [-0.4, -0.2) is 23.6 Å². The van der Waals surface area contributed by atoms with Crippen LogP contribution in [0.25, 0.3) is 0 Å². The fraction of sp³-hybridized carbons (Fsp3) is 0.125. The van der Waals surface area contributed by atoms with Crippen molar-refractivity contribution >= 4 is 46.1 Å². The van der Waals surface area contributed by atoms with Crippen molar-refractivity contribution in [1.82, 2.24) is 5.43 Å². The predicted octanol–water partition coefficient (Wildman–Crippen LogP) is 3.07. The Hall–Kier alpha value is -2.49. The van der Waals surface area contributed by atoms with Crippen molar-refractivity contribution in [1.29, 1.82) is 0 Å². The molecule has 7 nitrogen and oxygen atoms in total. The molecule has 0 aliphatic carbocycles. The van der Waals surface area contributed by atoms with Crippen molar-refractivity contribution < 1.29 is 9.72 Å². The maximum Gasteiger partial charge on any atom is 0.270 e. The lowest BCUT2D eigenvalue weighted by molar-refractivity contribution is -0.384. The Kier molecular flexibility index (Phi) is 6.24. The normalized spacial score (nSPS) is 10.6. The predicted molar refractivity (Wildman–Crippen MR) is 101 cm³/mol. The highest BCUT2D eigenvalue weighted by atomic mass is 127. The molecule has 0 saturated heterocycles. The number of halogens is 1. The van der Waals surface area contributed by atoms with Crippen LogP contribution in [0.3, 0.4) is 0 Å². The lowest BCUT2D eigenvalue weighted by Crippen LogP contribution is -2.26. The SMILES string of the molecule is Cc1cc(I)ccc1NCC(=O)N/N=C/c1cccc([N+](=O)[O-])c1. The number of carbonyl (C=O) groups excluding carboxylic acids is 1. The van der Waals surface area contributed by atoms with Gasteiger partial charge in [-0.3, -0.25) is 14.9 Å². The topological polar surface area (TPSA) is 96.6 Å². The smallest absolute Gasteiger partial charge is 0.270 e. The maximum atomic E-state index is 11.8. The Morgan fingerprint density at radius 3 is 2.83 bits per heavy atom. The first-order valence-electron chi connectivity index (χ1n) is 7.02. The molecule has 0 aliphatic rings. The van der Waals surface area contributed by atoms with E-state index in [0.29, 0.717) is 5.56 Å². The number of anilines is 1. The lowest BCUT2D eigenvalue weighted by Gasteiger charge is -2.08. The first-order chi connectivity index (χ1) is 11.5. The van der Waals surface area contributed by atoms with Gasteiger partial charge in [-0.05, 0) is 53.3 Å². The molecule has 124 valence electrons. The van der Waals surface area contributed by atoms with E-state index in [-0.39, 0.29) is 18.1 Å². The molecule has 8 heteroatoms. The van der Waals surface area contributed by atoms with Gasteiger partial charge in [0.25, 0.3) is 11.6 Å². The zero-order valence-electron chi connectivity index (χ0n) is 12.8. The van der Waals surface area contributed by atoms with Crippen LogP contribution >= 0.6 is 22.6 Å². The molecular weight excluding hydrogens is 423 g/mol. The van der Waals surface area contributed by atoms with E-state index in [4.69, 9.17) is 0 Å². The number of carbonyl (C=O) groups is 1. The molecule has 0 spiro atoms. The zero-order chi connectivity index (χ0) is 17.5. The monoisotopic (exact) mass is 438 g/mol. The third kappa shape index (κ3) is 5.30. The Morgan fingerprint density at radius 2 is 2.12 bits per heavy atom. The summed E-state index contributed by atoms with van der Waals surface area (Å²) >= 11 is 2.23. The molecule has 2 aromatic carbocycles. The Balaban J connectivity index is 1.86. The second kappa shape index (κ2) is 8.39. The van der Waals surface area contributed by atoms with Crippen LogP contribution < -0.4 is 10.7 Å². The average Bonchev–Trinajstić information content (AvgIpc) is 2.54. The standard InChI is InChI=1S/C16H15IN4O3/c1-11-7-13(17)5-6-15(11)18-10-16(22)20-19-9-12-3-2-4-14(8-12)21(23)24/h2-9,18H,10H2,1H3,(H,20,22)/b19-9+. The van der Waals surface area contributed by atoms with Gasteiger partial charge >= 0.3 is 0 Å². The molecule has 2 aromatic rings. The number of hydrogen-bond acceptors (Lipinski definition) is 5. The van der Waals surface area contributed by atoms with Gasteiger partial charge in [0, 0.05) is 27.0 Å². The summed E-state index contributed by atoms with van der Waals surface area (Å²) < 4.78 is 1.13. The number of benzene rings is 2. The number of rotatable bonds is 6. The second-order valence-electron chi connectivity index (χ2n) is 4.96. The summed E-state index contributed by atoms with van der Waals surface area (Å²) in [5, 5.41) is 17.5. The van der Waals surface area contributed by atoms with Crippen LogP contribution in [0.2, 0.25) is 0 Å². The summed E-state index contributed by atoms with van der Waals surface area (Å²) in [7, 11) is 0. The zero-order valence-corrected chi connectivity index (χ0v) is 15.0. The van der Waals surface area contributed by atoms with E-state index in [0.717, 1.165) is 14.8 Å². The van der Waals surface area contributed by atoms with Crippen LogP contribution in [0.4, 0.5) is 11.4 Å². The first-order valence-corrected chi connectivity index (χ1v) is 8.10. The molecule has 0 bridgehead atoms. The molecule has 0 fully saturated rings. The number of hydrogen-bond donors (Lipinski definition) is 2. The minimum atomic E-state index is -0.483. The van der Waals surface area contributed by atoms with Gasteiger partial charge in [-0.25, -0.2) is 5.43 Å². The fourth-order valence-corrected chi connectivity index (χ4v) is 2.58. The molecule has 1 amide bonds. The van der Waals surface area contributed by atoms with Crippen molar-refractivity contribution in [3.63, 3.8) is 0 Å². The molecule has 0 aromatic heterocycles. The highest BCUT2D eigenvalue weighted by Crippen LogP contribution is 2.17. The number of nitro benzene ring substituents is 1. The summed E-state index contributed by atoms with van der Waals surface area (Å²) in [6, 6.07) is 11.9. The number of non-ortho nitro benzene ring substituents is 1. The van der Waals surface area contributed by atoms with Crippen molar-refractivity contribution in [2.24, 2.45) is 5.10 Å². The molecule has 0 aliphatic heterocycles. The van der Waals surface area contributed by atoms with Crippen molar-refractivity contribution in [2.75, 3.05) is 11.9 Å². The third-order valence-corrected chi connectivity index (χ3v) is 3.78. The van der Waals surface area contributed by atoms with Crippen LogP contribution in [0.1, 0.15) is 11.1 Å². The molecule has 0 heterocycles. The van der Waals surface area contributed by atoms with Crippen LogP contribution in [0.5, 0.6) is 0 Å². The minimum Gasteiger partial charge on any atom is -0.376 e. The van der Waals surface area contributed by atoms with Gasteiger partial charge in [-0.1, -0.05) is 12.1 Å². The third-order valence-electron chi connectivity index (χ3n) is 3.11. The van der Waals surface area contributed by atoms with E-state index < -0.39 is 4.92 Å². The highest BCUT2D eigenvalue weighted by molar-refractivity contribution is 14.1. The number of nitro groups is 1. The second-order valence-corrected chi connectivity index (χ2v) is 6.20. The average molecular weight is 438 g/mol. The van der Waals surface area contributed by atoms with E-state index in [2.05, 4.69) is 38.4 Å². The molecule has 0 unspecified atom stereocenters. The van der Waals surface area contributed by atoms with Gasteiger partial charge in [0.15, 0.2) is 0 Å². The highest BCUT2D eigenvalue weighted by Gasteiger charge is 2.05. The maximum absolute atomic E-state index is 11.8. The van der Waals surface area contributed by atoms with E-state index in [1.165, 1.54) is 18.3 Å². The summed E-state index contributed by atoms with van der Waals surface area (Å²) in [5.41, 5.74) is 4.82. The molecular formula is C16H15IN4O3. The minimum absolute atomic E-state index is 0.0267. The first kappa shape index (κ1) is 17.9. The lowest BCUT2D eigenvalue weighted by atomic mass is 10.2. The van der Waals surface area contributed by atoms with E-state index >= 15 is 0 Å². The Morgan fingerprint density at radius 1 is 1.33 bits per heavy atom. The van der Waals surface area contributed by atoms with Crippen LogP contribution in [-0.2, 0) is 4.79 Å². The number of nitrogens with zero attached hydrogens (tertiary/aromatic N) is 2. The van der Waals surface area contributed by atoms with Gasteiger partial charge in [0.05, 0.1) is 17.7 Å². The summed E-state index contributed by atoms with van der Waals surface area (Å²) in [4.78, 5) is 22.0. The number of hydrazone groups is 1. The summed E-state index contributed by atoms with van der Waals surface area (Å²) in [6.45, 7) is 2.04. The summed E-state index contributed by atoms with van der Waals surface area (Å²) in [6.07, 6.45) is 1.36. The van der Waals surface area contributed by atoms with Gasteiger partial charge in [-0.2, -0.15) is 5.10 Å². The Bertz CT molecular complexity index is 793. The van der Waals surface area contributed by atoms with Gasteiger partial charge in [-0.15, -0.1) is 0 Å². The van der Waals surface area contributed by atoms with Gasteiger partial charge in [0.2, 0.25) is 0 Å². The number of aryl methyl sites for hydroxylation is 1. The van der Waals surface area contributed by atoms with Crippen molar-refractivity contribution in [3.8, 4) is 0 Å². The van der Waals surface area contributed by atoms with Gasteiger partial charge < -0.3 is 5.32 Å². The van der Waals surface area contributed by atoms with E-state index in [1.54, 1.807) is 12.1 Å².